The van der Waals surface area contributed by atoms with Gasteiger partial charge in [-0.3, -0.25) is 14.3 Å². The molecule has 28 heavy (non-hydrogen) atoms. The van der Waals surface area contributed by atoms with Crippen molar-refractivity contribution < 1.29 is 9.59 Å². The molecule has 1 aromatic heterocycles. The molecule has 3 rings (SSSR count). The maximum atomic E-state index is 12.6. The molecular weight excluding hydrogens is 399 g/mol. The van der Waals surface area contributed by atoms with Crippen LogP contribution in [-0.2, 0) is 4.79 Å². The summed E-state index contributed by atoms with van der Waals surface area (Å²) in [4.78, 5) is 25.0. The second-order valence-corrected chi connectivity index (χ2v) is 6.94. The minimum absolute atomic E-state index is 0.203. The van der Waals surface area contributed by atoms with Crippen LogP contribution in [-0.4, -0.2) is 21.6 Å². The summed E-state index contributed by atoms with van der Waals surface area (Å²) >= 11 is 11.9. The van der Waals surface area contributed by atoms with E-state index in [9.17, 15) is 9.59 Å². The van der Waals surface area contributed by atoms with Crippen LogP contribution in [0.1, 0.15) is 29.9 Å². The van der Waals surface area contributed by atoms with Gasteiger partial charge < -0.3 is 10.6 Å². The van der Waals surface area contributed by atoms with Crippen molar-refractivity contribution in [3.63, 3.8) is 0 Å². The molecule has 3 aromatic rings. The Morgan fingerprint density at radius 3 is 2.18 bits per heavy atom. The van der Waals surface area contributed by atoms with Crippen LogP contribution in [0, 0.1) is 0 Å². The van der Waals surface area contributed by atoms with Gasteiger partial charge in [0, 0.05) is 27.6 Å². The second kappa shape index (κ2) is 8.91. The zero-order chi connectivity index (χ0) is 20.1. The average Bonchev–Trinajstić information content (AvgIpc) is 3.12. The molecule has 2 N–H and O–H groups in total. The molecule has 0 saturated carbocycles. The lowest BCUT2D eigenvalue weighted by Gasteiger charge is -2.15. The summed E-state index contributed by atoms with van der Waals surface area (Å²) in [6, 6.07) is 14.7. The van der Waals surface area contributed by atoms with Crippen LogP contribution in [0.25, 0.3) is 0 Å². The van der Waals surface area contributed by atoms with Gasteiger partial charge >= 0.3 is 0 Å². The van der Waals surface area contributed by atoms with Crippen molar-refractivity contribution in [3.8, 4) is 0 Å². The summed E-state index contributed by atoms with van der Waals surface area (Å²) in [5.41, 5.74) is 1.37. The third-order valence-corrected chi connectivity index (χ3v) is 4.49. The number of carbonyl (C=O) groups is 2. The number of nitrogens with zero attached hydrogens (tertiary/aromatic N) is 2. The average molecular weight is 417 g/mol. The summed E-state index contributed by atoms with van der Waals surface area (Å²) in [5, 5.41) is 10.9. The van der Waals surface area contributed by atoms with Crippen LogP contribution >= 0.6 is 23.2 Å². The van der Waals surface area contributed by atoms with E-state index in [1.165, 1.54) is 4.68 Å². The van der Waals surface area contributed by atoms with E-state index < -0.39 is 6.04 Å². The first-order valence-corrected chi connectivity index (χ1v) is 9.40. The third-order valence-electron chi connectivity index (χ3n) is 4.02. The monoisotopic (exact) mass is 416 g/mol. The molecule has 2 amide bonds. The summed E-state index contributed by atoms with van der Waals surface area (Å²) in [6.07, 6.45) is 2.11. The van der Waals surface area contributed by atoms with Gasteiger partial charge in [0.15, 0.2) is 5.69 Å². The molecular formula is C20H18Cl2N4O2. The highest BCUT2D eigenvalue weighted by Gasteiger charge is 2.21. The Balaban J connectivity index is 1.71. The molecule has 1 heterocycles. The highest BCUT2D eigenvalue weighted by atomic mass is 35.5. The van der Waals surface area contributed by atoms with Crippen LogP contribution in [0.2, 0.25) is 10.0 Å². The Labute approximate surface area is 172 Å². The number of nitrogens with one attached hydrogen (secondary N) is 2. The van der Waals surface area contributed by atoms with Crippen molar-refractivity contribution in [2.45, 2.75) is 19.4 Å². The molecule has 0 bridgehead atoms. The largest absolute Gasteiger partial charge is 0.324 e. The molecule has 2 aromatic carbocycles. The van der Waals surface area contributed by atoms with Crippen molar-refractivity contribution in [2.24, 2.45) is 0 Å². The minimum Gasteiger partial charge on any atom is -0.324 e. The van der Waals surface area contributed by atoms with Crippen LogP contribution in [0.4, 0.5) is 11.4 Å². The topological polar surface area (TPSA) is 76.0 Å². The zero-order valence-electron chi connectivity index (χ0n) is 15.0. The van der Waals surface area contributed by atoms with Crippen molar-refractivity contribution in [1.82, 2.24) is 9.78 Å². The Kier molecular flexibility index (Phi) is 6.34. The van der Waals surface area contributed by atoms with Crippen LogP contribution in [0.15, 0.2) is 60.8 Å². The Hall–Kier alpha value is -2.83. The van der Waals surface area contributed by atoms with E-state index in [2.05, 4.69) is 15.7 Å². The van der Waals surface area contributed by atoms with E-state index in [-0.39, 0.29) is 17.5 Å². The van der Waals surface area contributed by atoms with Gasteiger partial charge in [-0.1, -0.05) is 42.3 Å². The Bertz CT molecular complexity index is 1000. The summed E-state index contributed by atoms with van der Waals surface area (Å²) in [5.74, 6) is -0.624. The van der Waals surface area contributed by atoms with E-state index in [1.807, 2.05) is 6.92 Å². The number of halogens is 2. The fourth-order valence-corrected chi connectivity index (χ4v) is 3.06. The predicted octanol–water partition coefficient (Wildman–Crippen LogP) is 5.03. The maximum absolute atomic E-state index is 12.6. The lowest BCUT2D eigenvalue weighted by molar-refractivity contribution is -0.119. The standard InChI is InChI=1S/C20H18Cl2N4O2/c1-2-18(20(28)24-16-8-4-6-14(22)12-16)26-10-9-17(25-26)19(27)23-15-7-3-5-13(21)11-15/h3-12,18H,2H2,1H3,(H,23,27)(H,24,28)/t18-/m1/s1. The van der Waals surface area contributed by atoms with Gasteiger partial charge in [-0.05, 0) is 48.9 Å². The van der Waals surface area contributed by atoms with Crippen molar-refractivity contribution >= 4 is 46.4 Å². The predicted molar refractivity (Wildman–Crippen MR) is 111 cm³/mol. The Morgan fingerprint density at radius 1 is 1.00 bits per heavy atom. The molecule has 0 aliphatic carbocycles. The fraction of sp³-hybridized carbons (Fsp3) is 0.150. The first-order chi connectivity index (χ1) is 13.5. The first kappa shape index (κ1) is 19.9. The van der Waals surface area contributed by atoms with Gasteiger partial charge in [-0.25, -0.2) is 0 Å². The molecule has 8 heteroatoms. The molecule has 1 atom stereocenters. The number of benzene rings is 2. The zero-order valence-corrected chi connectivity index (χ0v) is 16.5. The number of amides is 2. The van der Waals surface area contributed by atoms with Gasteiger partial charge in [0.1, 0.15) is 6.04 Å². The maximum Gasteiger partial charge on any atom is 0.276 e. The third kappa shape index (κ3) is 4.91. The van der Waals surface area contributed by atoms with Gasteiger partial charge in [-0.15, -0.1) is 0 Å². The molecule has 0 fully saturated rings. The number of hydrogen-bond acceptors (Lipinski definition) is 3. The lowest BCUT2D eigenvalue weighted by atomic mass is 10.2. The van der Waals surface area contributed by atoms with Gasteiger partial charge in [-0.2, -0.15) is 5.10 Å². The molecule has 144 valence electrons. The Morgan fingerprint density at radius 2 is 1.61 bits per heavy atom. The van der Waals surface area contributed by atoms with Crippen molar-refractivity contribution in [1.29, 1.82) is 0 Å². The van der Waals surface area contributed by atoms with Gasteiger partial charge in [0.25, 0.3) is 5.91 Å². The molecule has 0 radical (unpaired) electrons. The first-order valence-electron chi connectivity index (χ1n) is 8.64. The van der Waals surface area contributed by atoms with E-state index in [0.29, 0.717) is 27.8 Å². The van der Waals surface area contributed by atoms with E-state index >= 15 is 0 Å². The number of hydrogen-bond donors (Lipinski definition) is 2. The van der Waals surface area contributed by atoms with Crippen LogP contribution < -0.4 is 10.6 Å². The summed E-state index contributed by atoms with van der Waals surface area (Å²) < 4.78 is 1.48. The van der Waals surface area contributed by atoms with Crippen molar-refractivity contribution in [2.75, 3.05) is 10.6 Å². The number of rotatable bonds is 6. The molecule has 0 aliphatic heterocycles. The minimum atomic E-state index is -0.563. The highest BCUT2D eigenvalue weighted by Crippen LogP contribution is 2.19. The number of anilines is 2. The van der Waals surface area contributed by atoms with E-state index in [0.717, 1.165) is 0 Å². The molecule has 0 unspecified atom stereocenters. The van der Waals surface area contributed by atoms with E-state index in [1.54, 1.807) is 60.8 Å². The van der Waals surface area contributed by atoms with Crippen LogP contribution in [0.3, 0.4) is 0 Å². The van der Waals surface area contributed by atoms with E-state index in [4.69, 9.17) is 23.2 Å². The molecule has 0 saturated heterocycles. The van der Waals surface area contributed by atoms with Gasteiger partial charge in [0.2, 0.25) is 5.91 Å². The SMILES string of the molecule is CC[C@H](C(=O)Nc1cccc(Cl)c1)n1ccc(C(=O)Nc2cccc(Cl)c2)n1. The van der Waals surface area contributed by atoms with Gasteiger partial charge in [0.05, 0.1) is 0 Å². The molecule has 6 nitrogen and oxygen atoms in total. The lowest BCUT2D eigenvalue weighted by Crippen LogP contribution is -2.26. The van der Waals surface area contributed by atoms with Crippen molar-refractivity contribution in [3.05, 3.63) is 76.5 Å². The number of carbonyl (C=O) groups excluding carboxylic acids is 2. The normalized spacial score (nSPS) is 11.7. The quantitative estimate of drug-likeness (QED) is 0.591. The smallest absolute Gasteiger partial charge is 0.276 e. The second-order valence-electron chi connectivity index (χ2n) is 6.07. The van der Waals surface area contributed by atoms with Crippen LogP contribution in [0.5, 0.6) is 0 Å². The summed E-state index contributed by atoms with van der Waals surface area (Å²) in [7, 11) is 0. The fourth-order valence-electron chi connectivity index (χ4n) is 2.68. The summed E-state index contributed by atoms with van der Waals surface area (Å²) in [6.45, 7) is 1.87. The highest BCUT2D eigenvalue weighted by molar-refractivity contribution is 6.31. The number of aromatic nitrogens is 2. The molecule has 0 spiro atoms. The molecule has 0 aliphatic rings.